The predicted molar refractivity (Wildman–Crippen MR) is 166 cm³/mol. The lowest BCUT2D eigenvalue weighted by atomic mass is 10.1. The van der Waals surface area contributed by atoms with Gasteiger partial charge in [0.15, 0.2) is 0 Å². The van der Waals surface area contributed by atoms with E-state index in [0.717, 1.165) is 17.1 Å². The van der Waals surface area contributed by atoms with Crippen LogP contribution in [0, 0.1) is 0 Å². The number of sulfonamides is 1. The summed E-state index contributed by atoms with van der Waals surface area (Å²) in [6.07, 6.45) is 1.92. The Hall–Kier alpha value is -2.49. The number of rotatable bonds is 13. The summed E-state index contributed by atoms with van der Waals surface area (Å²) in [7, 11) is -4.24. The number of hydrogen-bond donors (Lipinski definition) is 1. The first kappa shape index (κ1) is 33.0. The molecule has 1 N–H and O–H groups in total. The zero-order valence-electron chi connectivity index (χ0n) is 22.6. The van der Waals surface area contributed by atoms with Crippen molar-refractivity contribution in [3.63, 3.8) is 0 Å². The molecule has 41 heavy (non-hydrogen) atoms. The molecule has 1 atom stereocenters. The standard InChI is InChI=1S/C29H31Cl4N3O4S/c1-3-5-16-34-29(38)27(4-2)35(18-22-23(30)12-9-13-24(22)31)28(37)19-36(20-14-15-25(32)26(33)17-20)41(39,40)21-10-7-6-8-11-21/h6-15,17,27H,3-5,16,18-19H2,1-2H3,(H,34,38). The topological polar surface area (TPSA) is 86.8 Å². The Labute approximate surface area is 261 Å². The smallest absolute Gasteiger partial charge is 0.264 e. The van der Waals surface area contributed by atoms with Gasteiger partial charge in [-0.05, 0) is 55.3 Å². The first-order valence-corrected chi connectivity index (χ1v) is 16.0. The Morgan fingerprint density at radius 3 is 2.10 bits per heavy atom. The molecule has 3 aromatic carbocycles. The van der Waals surface area contributed by atoms with Gasteiger partial charge >= 0.3 is 0 Å². The number of halogens is 4. The Morgan fingerprint density at radius 1 is 0.854 bits per heavy atom. The lowest BCUT2D eigenvalue weighted by molar-refractivity contribution is -0.140. The number of carbonyl (C=O) groups excluding carboxylic acids is 2. The molecular formula is C29H31Cl4N3O4S. The van der Waals surface area contributed by atoms with Crippen molar-refractivity contribution >= 4 is 73.9 Å². The SMILES string of the molecule is CCCCNC(=O)C(CC)N(Cc1c(Cl)cccc1Cl)C(=O)CN(c1ccc(Cl)c(Cl)c1)S(=O)(=O)c1ccccc1. The Bertz CT molecular complexity index is 1450. The monoisotopic (exact) mass is 657 g/mol. The number of unbranched alkanes of at least 4 members (excludes halogenated alkanes) is 1. The van der Waals surface area contributed by atoms with Gasteiger partial charge in [-0.25, -0.2) is 8.42 Å². The van der Waals surface area contributed by atoms with E-state index in [1.807, 2.05) is 6.92 Å². The summed E-state index contributed by atoms with van der Waals surface area (Å²) in [6, 6.07) is 16.0. The van der Waals surface area contributed by atoms with E-state index in [1.165, 1.54) is 35.2 Å². The molecule has 3 aromatic rings. The minimum Gasteiger partial charge on any atom is -0.354 e. The summed E-state index contributed by atoms with van der Waals surface area (Å²) < 4.78 is 28.7. The van der Waals surface area contributed by atoms with Crippen LogP contribution in [0.1, 0.15) is 38.7 Å². The van der Waals surface area contributed by atoms with Crippen LogP contribution in [0.15, 0.2) is 71.6 Å². The van der Waals surface area contributed by atoms with Crippen LogP contribution in [0.25, 0.3) is 0 Å². The van der Waals surface area contributed by atoms with Gasteiger partial charge in [-0.3, -0.25) is 13.9 Å². The van der Waals surface area contributed by atoms with Crippen LogP contribution in [0.5, 0.6) is 0 Å². The van der Waals surface area contributed by atoms with Crippen LogP contribution >= 0.6 is 46.4 Å². The van der Waals surface area contributed by atoms with E-state index in [2.05, 4.69) is 5.32 Å². The molecule has 0 aliphatic heterocycles. The lowest BCUT2D eigenvalue weighted by Gasteiger charge is -2.33. The summed E-state index contributed by atoms with van der Waals surface area (Å²) in [5.41, 5.74) is 0.573. The highest BCUT2D eigenvalue weighted by Gasteiger charge is 2.34. The second-order valence-corrected chi connectivity index (χ2v) is 12.7. The van der Waals surface area contributed by atoms with E-state index in [-0.39, 0.29) is 39.5 Å². The maximum absolute atomic E-state index is 14.1. The number of amides is 2. The highest BCUT2D eigenvalue weighted by Crippen LogP contribution is 2.32. The minimum atomic E-state index is -4.24. The van der Waals surface area contributed by atoms with Crippen molar-refractivity contribution < 1.29 is 18.0 Å². The normalized spacial score (nSPS) is 12.0. The molecule has 0 saturated heterocycles. The number of nitrogens with zero attached hydrogens (tertiary/aromatic N) is 2. The van der Waals surface area contributed by atoms with Crippen molar-refractivity contribution in [1.82, 2.24) is 10.2 Å². The Morgan fingerprint density at radius 2 is 1.51 bits per heavy atom. The molecule has 0 aliphatic rings. The molecule has 12 heteroatoms. The summed E-state index contributed by atoms with van der Waals surface area (Å²) in [6.45, 7) is 3.48. The van der Waals surface area contributed by atoms with Gasteiger partial charge in [0.1, 0.15) is 12.6 Å². The van der Waals surface area contributed by atoms with Gasteiger partial charge in [-0.2, -0.15) is 0 Å². The van der Waals surface area contributed by atoms with Gasteiger partial charge in [-0.1, -0.05) is 90.9 Å². The molecule has 0 heterocycles. The molecule has 1 unspecified atom stereocenters. The number of benzene rings is 3. The van der Waals surface area contributed by atoms with E-state index < -0.39 is 28.5 Å². The maximum atomic E-state index is 14.1. The van der Waals surface area contributed by atoms with Crippen molar-refractivity contribution in [2.45, 2.75) is 50.6 Å². The lowest BCUT2D eigenvalue weighted by Crippen LogP contribution is -2.52. The molecule has 0 aliphatic carbocycles. The zero-order chi connectivity index (χ0) is 30.2. The minimum absolute atomic E-state index is 0.0241. The van der Waals surface area contributed by atoms with Crippen molar-refractivity contribution in [1.29, 1.82) is 0 Å². The Balaban J connectivity index is 2.09. The van der Waals surface area contributed by atoms with Crippen LogP contribution in [0.2, 0.25) is 20.1 Å². The van der Waals surface area contributed by atoms with E-state index in [9.17, 15) is 18.0 Å². The van der Waals surface area contributed by atoms with Crippen LogP contribution in [0.3, 0.4) is 0 Å². The van der Waals surface area contributed by atoms with Crippen LogP contribution in [0.4, 0.5) is 5.69 Å². The van der Waals surface area contributed by atoms with Crippen LogP contribution in [-0.2, 0) is 26.2 Å². The summed E-state index contributed by atoms with van der Waals surface area (Å²) in [5.74, 6) is -0.992. The highest BCUT2D eigenvalue weighted by atomic mass is 35.5. The summed E-state index contributed by atoms with van der Waals surface area (Å²) in [5, 5.41) is 3.85. The molecule has 0 saturated carbocycles. The first-order chi connectivity index (χ1) is 19.5. The fraction of sp³-hybridized carbons (Fsp3) is 0.310. The first-order valence-electron chi connectivity index (χ1n) is 13.0. The van der Waals surface area contributed by atoms with E-state index in [0.29, 0.717) is 22.2 Å². The predicted octanol–water partition coefficient (Wildman–Crippen LogP) is 7.22. The van der Waals surface area contributed by atoms with Gasteiger partial charge < -0.3 is 10.2 Å². The van der Waals surface area contributed by atoms with Gasteiger partial charge in [0, 0.05) is 28.7 Å². The summed E-state index contributed by atoms with van der Waals surface area (Å²) >= 11 is 25.2. The van der Waals surface area contributed by atoms with Crippen molar-refractivity contribution in [3.05, 3.63) is 92.4 Å². The quantitative estimate of drug-likeness (QED) is 0.197. The van der Waals surface area contributed by atoms with Gasteiger partial charge in [0.2, 0.25) is 11.8 Å². The fourth-order valence-electron chi connectivity index (χ4n) is 4.17. The molecule has 0 aromatic heterocycles. The third-order valence-corrected chi connectivity index (χ3v) is 9.64. The fourth-order valence-corrected chi connectivity index (χ4v) is 6.40. The van der Waals surface area contributed by atoms with Crippen LogP contribution < -0.4 is 9.62 Å². The largest absolute Gasteiger partial charge is 0.354 e. The second kappa shape index (κ2) is 15.1. The summed E-state index contributed by atoms with van der Waals surface area (Å²) in [4.78, 5) is 28.7. The van der Waals surface area contributed by atoms with Gasteiger partial charge in [0.05, 0.1) is 20.6 Å². The molecule has 220 valence electrons. The average Bonchev–Trinajstić information content (AvgIpc) is 2.95. The average molecular weight is 659 g/mol. The van der Waals surface area contributed by atoms with Gasteiger partial charge in [0.25, 0.3) is 10.0 Å². The van der Waals surface area contributed by atoms with Crippen molar-refractivity contribution in [2.24, 2.45) is 0 Å². The van der Waals surface area contributed by atoms with E-state index >= 15 is 0 Å². The van der Waals surface area contributed by atoms with Crippen molar-refractivity contribution in [2.75, 3.05) is 17.4 Å². The van der Waals surface area contributed by atoms with Crippen LogP contribution in [-0.4, -0.2) is 44.3 Å². The number of anilines is 1. The number of nitrogens with one attached hydrogen (secondary N) is 1. The van der Waals surface area contributed by atoms with Crippen molar-refractivity contribution in [3.8, 4) is 0 Å². The molecule has 0 fully saturated rings. The third kappa shape index (κ3) is 8.30. The zero-order valence-corrected chi connectivity index (χ0v) is 26.5. The molecular weight excluding hydrogens is 628 g/mol. The molecule has 0 bridgehead atoms. The van der Waals surface area contributed by atoms with Gasteiger partial charge in [-0.15, -0.1) is 0 Å². The molecule has 0 radical (unpaired) electrons. The maximum Gasteiger partial charge on any atom is 0.264 e. The molecule has 3 rings (SSSR count). The highest BCUT2D eigenvalue weighted by molar-refractivity contribution is 7.92. The molecule has 2 amide bonds. The van der Waals surface area contributed by atoms with E-state index in [1.54, 1.807) is 43.3 Å². The molecule has 7 nitrogen and oxygen atoms in total. The van der Waals surface area contributed by atoms with E-state index in [4.69, 9.17) is 46.4 Å². The number of hydrogen-bond acceptors (Lipinski definition) is 4. The Kier molecular flexibility index (Phi) is 12.2. The molecule has 0 spiro atoms. The number of carbonyl (C=O) groups is 2. The third-order valence-electron chi connectivity index (χ3n) is 6.41. The second-order valence-electron chi connectivity index (χ2n) is 9.21.